The highest BCUT2D eigenvalue weighted by Gasteiger charge is 2.36. The Morgan fingerprint density at radius 2 is 1.47 bits per heavy atom. The number of benzene rings is 3. The summed E-state index contributed by atoms with van der Waals surface area (Å²) in [5, 5.41) is 21.2. The molecule has 0 amide bonds. The number of rotatable bonds is 5. The molecule has 5 heteroatoms. The van der Waals surface area contributed by atoms with Crippen LogP contribution in [0.3, 0.4) is 0 Å². The molecule has 5 nitrogen and oxygen atoms in total. The van der Waals surface area contributed by atoms with Crippen molar-refractivity contribution in [3.63, 3.8) is 0 Å². The second-order valence-corrected chi connectivity index (χ2v) is 7.38. The minimum atomic E-state index is -0.599. The molecule has 0 fully saturated rings. The van der Waals surface area contributed by atoms with E-state index in [0.717, 1.165) is 30.9 Å². The molecule has 4 rings (SSSR count). The van der Waals surface area contributed by atoms with Gasteiger partial charge in [0.05, 0.1) is 16.7 Å². The quantitative estimate of drug-likeness (QED) is 0.382. The first-order chi connectivity index (χ1) is 14.4. The van der Waals surface area contributed by atoms with Crippen molar-refractivity contribution in [3.05, 3.63) is 93.5 Å². The van der Waals surface area contributed by atoms with Gasteiger partial charge in [0.25, 0.3) is 0 Å². The maximum Gasteiger partial charge on any atom is 0.198 e. The molecule has 30 heavy (non-hydrogen) atoms. The zero-order valence-corrected chi connectivity index (χ0v) is 16.4. The minimum absolute atomic E-state index is 0.134. The molecule has 150 valence electrons. The molecule has 0 aliphatic heterocycles. The van der Waals surface area contributed by atoms with Gasteiger partial charge in [-0.05, 0) is 24.5 Å². The number of aryl methyl sites for hydroxylation is 1. The molecular formula is C25H20O5. The van der Waals surface area contributed by atoms with Gasteiger partial charge in [0.1, 0.15) is 11.5 Å². The van der Waals surface area contributed by atoms with Crippen LogP contribution in [-0.2, 0) is 6.42 Å². The fraction of sp³-hybridized carbons (Fsp3) is 0.160. The number of aromatic hydroxyl groups is 2. The average Bonchev–Trinajstić information content (AvgIpc) is 2.77. The largest absolute Gasteiger partial charge is 0.507 e. The molecule has 1 aliphatic carbocycles. The van der Waals surface area contributed by atoms with E-state index in [-0.39, 0.29) is 27.8 Å². The summed E-state index contributed by atoms with van der Waals surface area (Å²) in [6.45, 7) is 2.10. The Bertz CT molecular complexity index is 1190. The molecule has 0 spiro atoms. The third-order valence-corrected chi connectivity index (χ3v) is 5.43. The van der Waals surface area contributed by atoms with Gasteiger partial charge >= 0.3 is 0 Å². The smallest absolute Gasteiger partial charge is 0.198 e. The van der Waals surface area contributed by atoms with E-state index in [1.807, 2.05) is 12.1 Å². The van der Waals surface area contributed by atoms with E-state index in [9.17, 15) is 24.6 Å². The predicted octanol–water partition coefficient (Wildman–Crippen LogP) is 4.45. The van der Waals surface area contributed by atoms with E-state index in [4.69, 9.17) is 0 Å². The Kier molecular flexibility index (Phi) is 4.96. The zero-order valence-electron chi connectivity index (χ0n) is 16.4. The predicted molar refractivity (Wildman–Crippen MR) is 112 cm³/mol. The fourth-order valence-corrected chi connectivity index (χ4v) is 3.79. The molecule has 0 saturated carbocycles. The number of phenols is 2. The lowest BCUT2D eigenvalue weighted by Crippen LogP contribution is -2.22. The van der Waals surface area contributed by atoms with Crippen LogP contribution in [0.5, 0.6) is 11.5 Å². The molecule has 0 atom stereocenters. The molecule has 1 aliphatic rings. The monoisotopic (exact) mass is 400 g/mol. The minimum Gasteiger partial charge on any atom is -0.507 e. The lowest BCUT2D eigenvalue weighted by molar-refractivity contribution is 0.0972. The Morgan fingerprint density at radius 1 is 0.867 bits per heavy atom. The lowest BCUT2D eigenvalue weighted by Gasteiger charge is -2.20. The van der Waals surface area contributed by atoms with Crippen molar-refractivity contribution in [2.45, 2.75) is 26.2 Å². The summed E-state index contributed by atoms with van der Waals surface area (Å²) in [6.07, 6.45) is 3.02. The van der Waals surface area contributed by atoms with Gasteiger partial charge in [-0.2, -0.15) is 0 Å². The number of hydrogen-bond acceptors (Lipinski definition) is 5. The fourth-order valence-electron chi connectivity index (χ4n) is 3.79. The lowest BCUT2D eigenvalue weighted by atomic mass is 9.81. The van der Waals surface area contributed by atoms with Crippen molar-refractivity contribution < 1.29 is 24.6 Å². The summed E-state index contributed by atoms with van der Waals surface area (Å²) in [7, 11) is 0. The summed E-state index contributed by atoms with van der Waals surface area (Å²) < 4.78 is 0. The maximum atomic E-state index is 13.0. The zero-order chi connectivity index (χ0) is 21.4. The van der Waals surface area contributed by atoms with E-state index in [2.05, 4.69) is 6.92 Å². The number of hydrogen-bond donors (Lipinski definition) is 2. The summed E-state index contributed by atoms with van der Waals surface area (Å²) in [6, 6.07) is 14.3. The van der Waals surface area contributed by atoms with Gasteiger partial charge in [-0.25, -0.2) is 0 Å². The van der Waals surface area contributed by atoms with Crippen LogP contribution in [0.25, 0.3) is 0 Å². The van der Waals surface area contributed by atoms with Gasteiger partial charge in [0, 0.05) is 16.7 Å². The molecule has 3 aromatic carbocycles. The van der Waals surface area contributed by atoms with E-state index in [1.54, 1.807) is 24.3 Å². The topological polar surface area (TPSA) is 91.7 Å². The molecule has 2 N–H and O–H groups in total. The average molecular weight is 400 g/mol. The Labute approximate surface area is 173 Å². The molecular weight excluding hydrogens is 380 g/mol. The Hall–Kier alpha value is -3.73. The van der Waals surface area contributed by atoms with Crippen LogP contribution in [0.2, 0.25) is 0 Å². The van der Waals surface area contributed by atoms with Gasteiger partial charge < -0.3 is 10.2 Å². The van der Waals surface area contributed by atoms with Crippen molar-refractivity contribution >= 4 is 17.3 Å². The summed E-state index contributed by atoms with van der Waals surface area (Å²) in [4.78, 5) is 38.7. The number of carbonyl (C=O) groups is 3. The molecule has 0 heterocycles. The van der Waals surface area contributed by atoms with Crippen LogP contribution < -0.4 is 0 Å². The highest BCUT2D eigenvalue weighted by Crippen LogP contribution is 2.40. The first kappa shape index (κ1) is 19.6. The summed E-state index contributed by atoms with van der Waals surface area (Å²) >= 11 is 0. The standard InChI is InChI=1S/C25H20O5/c1-2-3-6-14-9-11-15(12-10-14)22(27)18-13-19(26)20-21(25(18)30)24(29)17-8-5-4-7-16(17)23(20)28/h4-5,7-13,26,30H,2-3,6H2,1H3. The van der Waals surface area contributed by atoms with E-state index >= 15 is 0 Å². The summed E-state index contributed by atoms with van der Waals surface area (Å²) in [5.41, 5.74) is 0.890. The third kappa shape index (κ3) is 3.08. The number of phenolic OH excluding ortho intramolecular Hbond substituents is 2. The van der Waals surface area contributed by atoms with Crippen LogP contribution in [0, 0.1) is 0 Å². The molecule has 0 radical (unpaired) electrons. The van der Waals surface area contributed by atoms with Gasteiger partial charge in [0.15, 0.2) is 17.3 Å². The Balaban J connectivity index is 1.78. The molecule has 0 bridgehead atoms. The molecule has 0 saturated heterocycles. The second-order valence-electron chi connectivity index (χ2n) is 7.38. The van der Waals surface area contributed by atoms with Crippen molar-refractivity contribution in [2.24, 2.45) is 0 Å². The van der Waals surface area contributed by atoms with Crippen molar-refractivity contribution in [1.29, 1.82) is 0 Å². The van der Waals surface area contributed by atoms with Crippen LogP contribution in [0.1, 0.15) is 73.1 Å². The molecule has 3 aromatic rings. The maximum absolute atomic E-state index is 13.0. The van der Waals surface area contributed by atoms with Crippen LogP contribution in [0.15, 0.2) is 54.6 Å². The van der Waals surface area contributed by atoms with Crippen LogP contribution in [-0.4, -0.2) is 27.6 Å². The van der Waals surface area contributed by atoms with Crippen molar-refractivity contribution in [2.75, 3.05) is 0 Å². The first-order valence-corrected chi connectivity index (χ1v) is 9.85. The molecule has 0 unspecified atom stereocenters. The number of carbonyl (C=O) groups excluding carboxylic acids is 3. The van der Waals surface area contributed by atoms with Gasteiger partial charge in [-0.1, -0.05) is 61.9 Å². The molecule has 0 aromatic heterocycles. The first-order valence-electron chi connectivity index (χ1n) is 9.85. The number of unbranched alkanes of at least 4 members (excludes halogenated alkanes) is 1. The highest BCUT2D eigenvalue weighted by atomic mass is 16.3. The third-order valence-electron chi connectivity index (χ3n) is 5.43. The van der Waals surface area contributed by atoms with Gasteiger partial charge in [-0.3, -0.25) is 14.4 Å². The Morgan fingerprint density at radius 3 is 2.07 bits per heavy atom. The highest BCUT2D eigenvalue weighted by molar-refractivity contribution is 6.31. The van der Waals surface area contributed by atoms with Crippen LogP contribution >= 0.6 is 0 Å². The van der Waals surface area contributed by atoms with E-state index in [1.165, 1.54) is 12.1 Å². The number of fused-ring (bicyclic) bond motifs is 2. The second kappa shape index (κ2) is 7.59. The van der Waals surface area contributed by atoms with Gasteiger partial charge in [0.2, 0.25) is 0 Å². The van der Waals surface area contributed by atoms with E-state index in [0.29, 0.717) is 5.56 Å². The van der Waals surface area contributed by atoms with Crippen LogP contribution in [0.4, 0.5) is 0 Å². The van der Waals surface area contributed by atoms with Crippen molar-refractivity contribution in [3.8, 4) is 11.5 Å². The van der Waals surface area contributed by atoms with Gasteiger partial charge in [-0.15, -0.1) is 0 Å². The van der Waals surface area contributed by atoms with E-state index < -0.39 is 28.8 Å². The normalized spacial score (nSPS) is 12.4. The summed E-state index contributed by atoms with van der Waals surface area (Å²) in [5.74, 6) is -2.79. The SMILES string of the molecule is CCCCc1ccc(C(=O)c2cc(O)c3c(c2O)C(=O)c2ccccc2C3=O)cc1. The van der Waals surface area contributed by atoms with Crippen molar-refractivity contribution in [1.82, 2.24) is 0 Å². The number of ketones is 3.